The van der Waals surface area contributed by atoms with Gasteiger partial charge in [0.25, 0.3) is 5.91 Å². The second-order valence-electron chi connectivity index (χ2n) is 12.2. The first-order valence-electron chi connectivity index (χ1n) is 15.8. The van der Waals surface area contributed by atoms with Crippen LogP contribution in [0.5, 0.6) is 6.01 Å². The summed E-state index contributed by atoms with van der Waals surface area (Å²) in [4.78, 5) is 42.9. The number of fused-ring (bicyclic) bond motifs is 4. The topological polar surface area (TPSA) is 146 Å². The quantitative estimate of drug-likeness (QED) is 0.297. The summed E-state index contributed by atoms with van der Waals surface area (Å²) >= 11 is 6.58. The smallest absolute Gasteiger partial charge is 0.323 e. The number of aromatic nitrogens is 6. The molecule has 4 aliphatic heterocycles. The van der Waals surface area contributed by atoms with E-state index in [1.54, 1.807) is 10.7 Å². The second-order valence-corrected chi connectivity index (χ2v) is 12.6. The number of hydrogen-bond donors (Lipinski definition) is 3. The number of alkyl halides is 1. The van der Waals surface area contributed by atoms with Gasteiger partial charge in [-0.1, -0.05) is 17.7 Å². The fourth-order valence-electron chi connectivity index (χ4n) is 7.11. The summed E-state index contributed by atoms with van der Waals surface area (Å²) in [6, 6.07) is 3.73. The number of rotatable bonds is 4. The number of methoxy groups -OCH3 is 1. The van der Waals surface area contributed by atoms with Crippen LogP contribution in [0.15, 0.2) is 16.9 Å². The number of imidazole rings is 1. The molecule has 3 unspecified atom stereocenters. The molecule has 3 atom stereocenters. The van der Waals surface area contributed by atoms with E-state index < -0.39 is 23.8 Å². The van der Waals surface area contributed by atoms with Crippen molar-refractivity contribution in [3.63, 3.8) is 0 Å². The molecule has 0 bridgehead atoms. The van der Waals surface area contributed by atoms with Crippen molar-refractivity contribution in [3.8, 4) is 6.01 Å². The molecule has 3 N–H and O–H groups in total. The molecule has 0 spiro atoms. The van der Waals surface area contributed by atoms with Crippen molar-refractivity contribution in [1.29, 1.82) is 0 Å². The molecule has 250 valence electrons. The average molecular weight is 672 g/mol. The van der Waals surface area contributed by atoms with Crippen LogP contribution in [0.4, 0.5) is 14.6 Å². The zero-order chi connectivity index (χ0) is 32.8. The lowest BCUT2D eigenvalue weighted by molar-refractivity contribution is 0.0265. The van der Waals surface area contributed by atoms with E-state index in [0.717, 1.165) is 30.6 Å². The highest BCUT2D eigenvalue weighted by atomic mass is 35.5. The standard InChI is InChI=1S/C24H24ClFN8O4.C7H12FN/c1-27-22(35)20-17(25)15-9-33(6-3-7-34(15)32-20)21-12-10-38-16(8-14(12)28-24(31-21)37-2)11-4-5-13(26)19-18(11)29-23(36)30-19;8-6-4-7-2-1-3-9(7)5-6/h4-5,16H,3,6-10H2,1-2H3,(H,27,35)(H2,29,30,36);6-7H,1-5H2. The molecule has 1 amide bonds. The number of amides is 1. The number of halogens is 3. The van der Waals surface area contributed by atoms with E-state index in [1.807, 2.05) is 0 Å². The van der Waals surface area contributed by atoms with Crippen LogP contribution in [0.3, 0.4) is 0 Å². The minimum absolute atomic E-state index is 0.108. The molecule has 0 radical (unpaired) electrons. The molecule has 0 saturated carbocycles. The van der Waals surface area contributed by atoms with E-state index in [2.05, 4.69) is 40.2 Å². The number of hydrogen-bond acceptors (Lipinski definition) is 9. The summed E-state index contributed by atoms with van der Waals surface area (Å²) < 4.78 is 40.3. The van der Waals surface area contributed by atoms with E-state index in [9.17, 15) is 18.4 Å². The SMILES string of the molecule is CNC(=O)c1nn2c(c1Cl)CN(c1nc(OC)nc3c1COC(c1ccc(F)c4[nH]c(=O)[nH]c14)C3)CCC2.FC1CC2CCCN2C1. The van der Waals surface area contributed by atoms with Gasteiger partial charge in [-0.15, -0.1) is 0 Å². The minimum Gasteiger partial charge on any atom is -0.467 e. The number of H-pyrrole nitrogens is 2. The second kappa shape index (κ2) is 12.8. The molecule has 4 aromatic rings. The highest BCUT2D eigenvalue weighted by molar-refractivity contribution is 6.34. The number of carbonyl (C=O) groups is 1. The largest absolute Gasteiger partial charge is 0.467 e. The third kappa shape index (κ3) is 5.95. The van der Waals surface area contributed by atoms with Crippen LogP contribution in [0.25, 0.3) is 11.0 Å². The third-order valence-electron chi connectivity index (χ3n) is 9.38. The number of nitrogens with one attached hydrogen (secondary N) is 3. The Hall–Kier alpha value is -4.08. The lowest BCUT2D eigenvalue weighted by Gasteiger charge is -2.30. The summed E-state index contributed by atoms with van der Waals surface area (Å²) in [6.45, 7) is 3.69. The minimum atomic E-state index is -0.525. The zero-order valence-electron chi connectivity index (χ0n) is 26.1. The van der Waals surface area contributed by atoms with Gasteiger partial charge in [0.1, 0.15) is 23.3 Å². The van der Waals surface area contributed by atoms with Crippen molar-refractivity contribution in [2.75, 3.05) is 38.7 Å². The molecule has 13 nitrogen and oxygen atoms in total. The third-order valence-corrected chi connectivity index (χ3v) is 9.78. The first-order valence-corrected chi connectivity index (χ1v) is 16.2. The van der Waals surface area contributed by atoms with E-state index in [4.69, 9.17) is 21.1 Å². The maximum absolute atomic E-state index is 14.3. The number of anilines is 1. The fraction of sp³-hybridized carbons (Fsp3) is 0.516. The highest BCUT2D eigenvalue weighted by Crippen LogP contribution is 2.38. The first-order chi connectivity index (χ1) is 22.7. The van der Waals surface area contributed by atoms with E-state index >= 15 is 0 Å². The Kier molecular flexibility index (Phi) is 8.61. The van der Waals surface area contributed by atoms with Crippen LogP contribution in [0.1, 0.15) is 64.8 Å². The number of benzene rings is 1. The zero-order valence-corrected chi connectivity index (χ0v) is 26.9. The Morgan fingerprint density at radius 3 is 2.79 bits per heavy atom. The van der Waals surface area contributed by atoms with E-state index in [1.165, 1.54) is 33.1 Å². The van der Waals surface area contributed by atoms with Gasteiger partial charge in [0.2, 0.25) is 0 Å². The van der Waals surface area contributed by atoms with Crippen molar-refractivity contribution in [2.45, 2.75) is 70.1 Å². The molecule has 16 heteroatoms. The van der Waals surface area contributed by atoms with Crippen LogP contribution in [0, 0.1) is 5.82 Å². The van der Waals surface area contributed by atoms with Gasteiger partial charge in [-0.2, -0.15) is 15.1 Å². The normalized spacial score (nSPS) is 22.2. The number of carbonyl (C=O) groups excluding carboxylic acids is 1. The van der Waals surface area contributed by atoms with E-state index in [-0.39, 0.29) is 29.7 Å². The Balaban J connectivity index is 0.000000334. The average Bonchev–Trinajstić information content (AvgIpc) is 3.80. The van der Waals surface area contributed by atoms with Crippen LogP contribution in [-0.2, 0) is 30.9 Å². The van der Waals surface area contributed by atoms with Crippen molar-refractivity contribution in [3.05, 3.63) is 61.7 Å². The molecule has 47 heavy (non-hydrogen) atoms. The molecular weight excluding hydrogens is 636 g/mol. The van der Waals surface area contributed by atoms with Gasteiger partial charge in [-0.3, -0.25) is 14.4 Å². The Labute approximate surface area is 273 Å². The lowest BCUT2D eigenvalue weighted by Crippen LogP contribution is -2.28. The first kappa shape index (κ1) is 31.5. The number of aryl methyl sites for hydroxylation is 1. The summed E-state index contributed by atoms with van der Waals surface area (Å²) in [5, 5.41) is 7.29. The molecule has 1 aromatic carbocycles. The molecule has 0 aliphatic carbocycles. The van der Waals surface area contributed by atoms with Gasteiger partial charge in [-0.25, -0.2) is 13.6 Å². The maximum atomic E-state index is 14.3. The van der Waals surface area contributed by atoms with Crippen LogP contribution < -0.4 is 20.6 Å². The van der Waals surface area contributed by atoms with Gasteiger partial charge in [0, 0.05) is 50.3 Å². The molecule has 8 rings (SSSR count). The van der Waals surface area contributed by atoms with Crippen molar-refractivity contribution < 1.29 is 23.0 Å². The van der Waals surface area contributed by atoms with Gasteiger partial charge in [-0.05, 0) is 38.3 Å². The predicted octanol–water partition coefficient (Wildman–Crippen LogP) is 3.42. The van der Waals surface area contributed by atoms with Gasteiger partial charge in [0.05, 0.1) is 48.3 Å². The van der Waals surface area contributed by atoms with Crippen LogP contribution in [-0.4, -0.2) is 86.5 Å². The molecule has 3 aromatic heterocycles. The number of nitrogens with zero attached hydrogens (tertiary/aromatic N) is 6. The number of aromatic amines is 2. The van der Waals surface area contributed by atoms with Crippen molar-refractivity contribution >= 4 is 34.4 Å². The monoisotopic (exact) mass is 671 g/mol. The van der Waals surface area contributed by atoms with Crippen molar-refractivity contribution in [1.82, 2.24) is 39.9 Å². The van der Waals surface area contributed by atoms with Gasteiger partial charge in [0.15, 0.2) is 5.69 Å². The lowest BCUT2D eigenvalue weighted by atomic mass is 9.98. The summed E-state index contributed by atoms with van der Waals surface area (Å²) in [6.07, 6.45) is 3.45. The Bertz CT molecular complexity index is 1870. The summed E-state index contributed by atoms with van der Waals surface area (Å²) in [7, 11) is 3.03. The molecule has 4 aliphatic rings. The van der Waals surface area contributed by atoms with E-state index in [0.29, 0.717) is 66.3 Å². The summed E-state index contributed by atoms with van der Waals surface area (Å²) in [5.74, 6) is -0.221. The van der Waals surface area contributed by atoms with Crippen LogP contribution >= 0.6 is 11.6 Å². The molecule has 2 fully saturated rings. The summed E-state index contributed by atoms with van der Waals surface area (Å²) in [5.41, 5.74) is 3.07. The highest BCUT2D eigenvalue weighted by Gasteiger charge is 2.35. The maximum Gasteiger partial charge on any atom is 0.323 e. The Morgan fingerprint density at radius 2 is 2.00 bits per heavy atom. The molecular formula is C31H36ClF2N9O4. The van der Waals surface area contributed by atoms with Gasteiger partial charge >= 0.3 is 11.7 Å². The van der Waals surface area contributed by atoms with Crippen molar-refractivity contribution in [2.24, 2.45) is 0 Å². The van der Waals surface area contributed by atoms with Crippen LogP contribution in [0.2, 0.25) is 5.02 Å². The molecule has 7 heterocycles. The predicted molar refractivity (Wildman–Crippen MR) is 169 cm³/mol. The van der Waals surface area contributed by atoms with Gasteiger partial charge < -0.3 is 29.7 Å². The number of ether oxygens (including phenoxy) is 2. The fourth-order valence-corrected chi connectivity index (χ4v) is 7.39. The molecule has 2 saturated heterocycles. The Morgan fingerprint density at radius 1 is 1.17 bits per heavy atom.